The number of rotatable bonds is 5. The number of nitrogens with one attached hydrogen (secondary N) is 1. The molecule has 0 spiro atoms. The second-order valence-electron chi connectivity index (χ2n) is 5.07. The van der Waals surface area contributed by atoms with Crippen LogP contribution in [-0.4, -0.2) is 28.3 Å². The molecular formula is C17H21FN2O. The summed E-state index contributed by atoms with van der Waals surface area (Å²) in [4.78, 5) is 2.03. The van der Waals surface area contributed by atoms with E-state index in [0.29, 0.717) is 5.56 Å². The normalized spacial score (nSPS) is 12.0. The first-order chi connectivity index (χ1) is 10.1. The van der Waals surface area contributed by atoms with Crippen LogP contribution in [0.5, 0.6) is 5.75 Å². The van der Waals surface area contributed by atoms with Crippen molar-refractivity contribution in [2.75, 3.05) is 33.2 Å². The van der Waals surface area contributed by atoms with Crippen molar-refractivity contribution >= 4 is 5.69 Å². The van der Waals surface area contributed by atoms with Crippen LogP contribution in [0.4, 0.5) is 10.1 Å². The zero-order valence-electron chi connectivity index (χ0n) is 12.9. The van der Waals surface area contributed by atoms with Gasteiger partial charge in [-0.1, -0.05) is 24.3 Å². The lowest BCUT2D eigenvalue weighted by atomic mass is 9.97. The van der Waals surface area contributed by atoms with Gasteiger partial charge in [-0.2, -0.15) is 0 Å². The first-order valence-electron chi connectivity index (χ1n) is 6.85. The van der Waals surface area contributed by atoms with Gasteiger partial charge in [-0.3, -0.25) is 0 Å². The van der Waals surface area contributed by atoms with E-state index >= 15 is 0 Å². The highest BCUT2D eigenvalue weighted by molar-refractivity contribution is 5.48. The predicted octanol–water partition coefficient (Wildman–Crippen LogP) is 3.21. The third-order valence-corrected chi connectivity index (χ3v) is 3.56. The number of anilines is 1. The maximum atomic E-state index is 14.4. The van der Waals surface area contributed by atoms with Crippen molar-refractivity contribution in [3.8, 4) is 5.75 Å². The zero-order chi connectivity index (χ0) is 15.4. The molecule has 1 atom stereocenters. The summed E-state index contributed by atoms with van der Waals surface area (Å²) in [5.41, 5.74) is 2.70. The number of hydrogen-bond acceptors (Lipinski definition) is 3. The molecule has 0 saturated carbocycles. The number of methoxy groups -OCH3 is 1. The molecule has 0 aliphatic carbocycles. The average Bonchev–Trinajstić information content (AvgIpc) is 2.50. The lowest BCUT2D eigenvalue weighted by Gasteiger charge is -2.20. The highest BCUT2D eigenvalue weighted by Gasteiger charge is 2.18. The van der Waals surface area contributed by atoms with Crippen LogP contribution in [0.3, 0.4) is 0 Å². The first kappa shape index (κ1) is 15.3. The van der Waals surface area contributed by atoms with Crippen molar-refractivity contribution in [3.63, 3.8) is 0 Å². The third-order valence-electron chi connectivity index (χ3n) is 3.56. The van der Waals surface area contributed by atoms with Crippen LogP contribution in [0.2, 0.25) is 0 Å². The summed E-state index contributed by atoms with van der Waals surface area (Å²) in [5, 5.41) is 3.17. The number of hydrogen-bond donors (Lipinski definition) is 1. The van der Waals surface area contributed by atoms with E-state index in [4.69, 9.17) is 4.74 Å². The van der Waals surface area contributed by atoms with E-state index in [-0.39, 0.29) is 17.6 Å². The Morgan fingerprint density at radius 1 is 1.10 bits per heavy atom. The summed E-state index contributed by atoms with van der Waals surface area (Å²) in [6.45, 7) is 0. The maximum absolute atomic E-state index is 14.4. The van der Waals surface area contributed by atoms with E-state index in [0.717, 1.165) is 11.3 Å². The predicted molar refractivity (Wildman–Crippen MR) is 84.6 cm³/mol. The van der Waals surface area contributed by atoms with Gasteiger partial charge in [0.25, 0.3) is 0 Å². The molecule has 0 radical (unpaired) electrons. The quantitative estimate of drug-likeness (QED) is 0.914. The molecule has 0 bridgehead atoms. The second-order valence-corrected chi connectivity index (χ2v) is 5.07. The summed E-state index contributed by atoms with van der Waals surface area (Å²) in [6.07, 6.45) is 0. The Morgan fingerprint density at radius 2 is 1.76 bits per heavy atom. The first-order valence-corrected chi connectivity index (χ1v) is 6.85. The lowest BCUT2D eigenvalue weighted by Crippen LogP contribution is -2.19. The SMILES string of the molecule is CNC(c1ccc(N(C)C)cc1)c1cccc(OC)c1F. The van der Waals surface area contributed by atoms with Crippen molar-refractivity contribution in [2.24, 2.45) is 0 Å². The minimum Gasteiger partial charge on any atom is -0.494 e. The van der Waals surface area contributed by atoms with Crippen LogP contribution in [0.25, 0.3) is 0 Å². The van der Waals surface area contributed by atoms with E-state index in [9.17, 15) is 4.39 Å². The smallest absolute Gasteiger partial charge is 0.170 e. The summed E-state index contributed by atoms with van der Waals surface area (Å²) < 4.78 is 19.5. The molecule has 1 unspecified atom stereocenters. The van der Waals surface area contributed by atoms with Gasteiger partial charge < -0.3 is 15.0 Å². The van der Waals surface area contributed by atoms with E-state index in [1.807, 2.05) is 50.3 Å². The fourth-order valence-corrected chi connectivity index (χ4v) is 2.38. The highest BCUT2D eigenvalue weighted by Crippen LogP contribution is 2.29. The Balaban J connectivity index is 2.40. The maximum Gasteiger partial charge on any atom is 0.170 e. The van der Waals surface area contributed by atoms with Gasteiger partial charge in [0.05, 0.1) is 13.2 Å². The minimum absolute atomic E-state index is 0.212. The van der Waals surface area contributed by atoms with E-state index in [1.165, 1.54) is 7.11 Å². The van der Waals surface area contributed by atoms with E-state index in [2.05, 4.69) is 5.32 Å². The number of benzene rings is 2. The largest absolute Gasteiger partial charge is 0.494 e. The molecule has 0 fully saturated rings. The number of ether oxygens (including phenoxy) is 1. The molecule has 1 N–H and O–H groups in total. The monoisotopic (exact) mass is 288 g/mol. The molecule has 4 heteroatoms. The molecule has 0 aliphatic rings. The number of nitrogens with zero attached hydrogens (tertiary/aromatic N) is 1. The summed E-state index contributed by atoms with van der Waals surface area (Å²) in [7, 11) is 7.28. The average molecular weight is 288 g/mol. The molecule has 0 aromatic heterocycles. The minimum atomic E-state index is -0.323. The van der Waals surface area contributed by atoms with Crippen LogP contribution < -0.4 is 15.0 Å². The second kappa shape index (κ2) is 6.59. The molecule has 0 heterocycles. The van der Waals surface area contributed by atoms with Crippen LogP contribution in [-0.2, 0) is 0 Å². The molecule has 3 nitrogen and oxygen atoms in total. The molecule has 0 aliphatic heterocycles. The van der Waals surface area contributed by atoms with Crippen molar-refractivity contribution in [2.45, 2.75) is 6.04 Å². The molecule has 2 rings (SSSR count). The van der Waals surface area contributed by atoms with Gasteiger partial charge >= 0.3 is 0 Å². The molecule has 0 amide bonds. The fraction of sp³-hybridized carbons (Fsp3) is 0.294. The van der Waals surface area contributed by atoms with Gasteiger partial charge in [0.1, 0.15) is 0 Å². The van der Waals surface area contributed by atoms with Crippen LogP contribution in [0.1, 0.15) is 17.2 Å². The van der Waals surface area contributed by atoms with Crippen LogP contribution in [0.15, 0.2) is 42.5 Å². The van der Waals surface area contributed by atoms with E-state index in [1.54, 1.807) is 18.2 Å². The Labute approximate surface area is 125 Å². The summed E-state index contributed by atoms with van der Waals surface area (Å²) in [5.74, 6) is -0.0614. The Bertz CT molecular complexity index is 596. The number of halogens is 1. The third kappa shape index (κ3) is 3.16. The van der Waals surface area contributed by atoms with Crippen LogP contribution >= 0.6 is 0 Å². The molecule has 21 heavy (non-hydrogen) atoms. The van der Waals surface area contributed by atoms with Gasteiger partial charge in [-0.15, -0.1) is 0 Å². The highest BCUT2D eigenvalue weighted by atomic mass is 19.1. The molecule has 0 saturated heterocycles. The standard InChI is InChI=1S/C17H21FN2O/c1-19-17(12-8-10-13(11-9-12)20(2)3)14-6-5-7-15(21-4)16(14)18/h5-11,17,19H,1-4H3. The van der Waals surface area contributed by atoms with Gasteiger partial charge in [0.2, 0.25) is 0 Å². The molecule has 112 valence electrons. The summed E-state index contributed by atoms with van der Waals surface area (Å²) >= 11 is 0. The van der Waals surface area contributed by atoms with Crippen molar-refractivity contribution in [3.05, 3.63) is 59.4 Å². The topological polar surface area (TPSA) is 24.5 Å². The molecular weight excluding hydrogens is 267 g/mol. The van der Waals surface area contributed by atoms with Crippen LogP contribution in [0, 0.1) is 5.82 Å². The molecule has 2 aromatic rings. The van der Waals surface area contributed by atoms with Crippen molar-refractivity contribution < 1.29 is 9.13 Å². The lowest BCUT2D eigenvalue weighted by molar-refractivity contribution is 0.382. The Hall–Kier alpha value is -2.07. The van der Waals surface area contributed by atoms with Gasteiger partial charge in [-0.25, -0.2) is 4.39 Å². The summed E-state index contributed by atoms with van der Waals surface area (Å²) in [6, 6.07) is 13.1. The van der Waals surface area contributed by atoms with Gasteiger partial charge in [0, 0.05) is 25.3 Å². The van der Waals surface area contributed by atoms with E-state index < -0.39 is 0 Å². The van der Waals surface area contributed by atoms with Gasteiger partial charge in [-0.05, 0) is 30.8 Å². The van der Waals surface area contributed by atoms with Crippen molar-refractivity contribution in [1.82, 2.24) is 5.32 Å². The Morgan fingerprint density at radius 3 is 2.29 bits per heavy atom. The Kier molecular flexibility index (Phi) is 4.81. The molecule has 2 aromatic carbocycles. The van der Waals surface area contributed by atoms with Gasteiger partial charge in [0.15, 0.2) is 11.6 Å². The van der Waals surface area contributed by atoms with Crippen molar-refractivity contribution in [1.29, 1.82) is 0 Å². The zero-order valence-corrected chi connectivity index (χ0v) is 12.9. The fourth-order valence-electron chi connectivity index (χ4n) is 2.38.